The summed E-state index contributed by atoms with van der Waals surface area (Å²) in [6.45, 7) is 4.03. The van der Waals surface area contributed by atoms with E-state index in [4.69, 9.17) is 10.5 Å². The zero-order valence-electron chi connectivity index (χ0n) is 10.6. The van der Waals surface area contributed by atoms with Crippen LogP contribution in [-0.4, -0.2) is 19.9 Å². The molecule has 0 atom stereocenters. The number of benzene rings is 1. The number of aryl methyl sites for hydroxylation is 1. The van der Waals surface area contributed by atoms with E-state index in [1.165, 1.54) is 6.33 Å². The van der Waals surface area contributed by atoms with Crippen LogP contribution in [0.2, 0.25) is 0 Å². The Hall–Kier alpha value is -2.63. The predicted octanol–water partition coefficient (Wildman–Crippen LogP) is 2.34. The van der Waals surface area contributed by atoms with Gasteiger partial charge in [-0.2, -0.15) is 9.97 Å². The number of hydrogen-bond acceptors (Lipinski definition) is 5. The minimum atomic E-state index is 0.139. The van der Waals surface area contributed by atoms with Gasteiger partial charge >= 0.3 is 0 Å². The van der Waals surface area contributed by atoms with Crippen LogP contribution in [0.15, 0.2) is 24.5 Å². The van der Waals surface area contributed by atoms with Gasteiger partial charge < -0.3 is 15.5 Å². The second kappa shape index (κ2) is 4.24. The van der Waals surface area contributed by atoms with Crippen molar-refractivity contribution in [3.63, 3.8) is 0 Å². The molecule has 0 fully saturated rings. The summed E-state index contributed by atoms with van der Waals surface area (Å²) < 4.78 is 5.84. The lowest BCUT2D eigenvalue weighted by Gasteiger charge is -2.10. The van der Waals surface area contributed by atoms with E-state index in [1.54, 1.807) is 0 Å². The standard InChI is InChI=1S/C13H13N5O/c1-7-4-3-5-9(8(7)2)19-12-10-11(16-6-15-10)17-13(14)18-12/h3-6H,1-2H3,(H3,14,15,16,17,18). The van der Waals surface area contributed by atoms with Crippen molar-refractivity contribution in [3.8, 4) is 11.6 Å². The van der Waals surface area contributed by atoms with E-state index >= 15 is 0 Å². The maximum atomic E-state index is 5.84. The van der Waals surface area contributed by atoms with Gasteiger partial charge in [-0.25, -0.2) is 4.98 Å². The minimum Gasteiger partial charge on any atom is -0.437 e. The Morgan fingerprint density at radius 3 is 2.89 bits per heavy atom. The van der Waals surface area contributed by atoms with Crippen LogP contribution in [0.1, 0.15) is 11.1 Å². The van der Waals surface area contributed by atoms with E-state index in [-0.39, 0.29) is 5.95 Å². The first-order valence-corrected chi connectivity index (χ1v) is 5.86. The summed E-state index contributed by atoms with van der Waals surface area (Å²) in [5, 5.41) is 0. The van der Waals surface area contributed by atoms with Gasteiger partial charge in [0.05, 0.1) is 6.33 Å². The summed E-state index contributed by atoms with van der Waals surface area (Å²) in [5.74, 6) is 1.27. The van der Waals surface area contributed by atoms with Crippen molar-refractivity contribution in [1.29, 1.82) is 0 Å². The molecule has 2 heterocycles. The van der Waals surface area contributed by atoms with Crippen LogP contribution in [0.5, 0.6) is 11.6 Å². The molecule has 0 aliphatic heterocycles. The van der Waals surface area contributed by atoms with Crippen LogP contribution in [-0.2, 0) is 0 Å². The lowest BCUT2D eigenvalue weighted by Crippen LogP contribution is -1.99. The fraction of sp³-hybridized carbons (Fsp3) is 0.154. The predicted molar refractivity (Wildman–Crippen MR) is 72.1 cm³/mol. The number of ether oxygens (including phenoxy) is 1. The molecule has 0 aliphatic carbocycles. The maximum absolute atomic E-state index is 5.84. The highest BCUT2D eigenvalue weighted by molar-refractivity contribution is 5.77. The summed E-state index contributed by atoms with van der Waals surface area (Å²) in [7, 11) is 0. The molecule has 3 N–H and O–H groups in total. The number of hydrogen-bond donors (Lipinski definition) is 2. The molecular weight excluding hydrogens is 242 g/mol. The van der Waals surface area contributed by atoms with E-state index in [0.717, 1.165) is 16.9 Å². The highest BCUT2D eigenvalue weighted by Crippen LogP contribution is 2.29. The quantitative estimate of drug-likeness (QED) is 0.733. The van der Waals surface area contributed by atoms with E-state index in [2.05, 4.69) is 19.9 Å². The number of nitrogens with two attached hydrogens (primary N) is 1. The summed E-state index contributed by atoms with van der Waals surface area (Å²) in [5.41, 5.74) is 8.99. The Kier molecular flexibility index (Phi) is 2.56. The second-order valence-electron chi connectivity index (χ2n) is 4.29. The molecule has 1 aromatic carbocycles. The number of H-pyrrole nitrogens is 1. The largest absolute Gasteiger partial charge is 0.437 e. The molecule has 0 radical (unpaired) electrons. The Labute approximate surface area is 109 Å². The molecule has 0 amide bonds. The van der Waals surface area contributed by atoms with E-state index in [0.29, 0.717) is 17.0 Å². The molecular formula is C13H13N5O. The van der Waals surface area contributed by atoms with Crippen LogP contribution in [0.3, 0.4) is 0 Å². The maximum Gasteiger partial charge on any atom is 0.250 e. The Balaban J connectivity index is 2.10. The fourth-order valence-electron chi connectivity index (χ4n) is 1.84. The molecule has 0 saturated carbocycles. The molecule has 0 aliphatic rings. The molecule has 0 bridgehead atoms. The number of nitrogen functional groups attached to an aromatic ring is 1. The first kappa shape index (κ1) is 11.5. The summed E-state index contributed by atoms with van der Waals surface area (Å²) in [6, 6.07) is 5.86. The van der Waals surface area contributed by atoms with Gasteiger partial charge in [0.25, 0.3) is 5.88 Å². The lowest BCUT2D eigenvalue weighted by molar-refractivity contribution is 0.464. The van der Waals surface area contributed by atoms with Gasteiger partial charge in [0.1, 0.15) is 11.3 Å². The average Bonchev–Trinajstić information content (AvgIpc) is 2.83. The summed E-state index contributed by atoms with van der Waals surface area (Å²) >= 11 is 0. The van der Waals surface area contributed by atoms with Crippen molar-refractivity contribution in [2.45, 2.75) is 13.8 Å². The van der Waals surface area contributed by atoms with Gasteiger partial charge in [-0.1, -0.05) is 12.1 Å². The monoisotopic (exact) mass is 255 g/mol. The normalized spacial score (nSPS) is 10.8. The van der Waals surface area contributed by atoms with Crippen LogP contribution < -0.4 is 10.5 Å². The van der Waals surface area contributed by atoms with Crippen LogP contribution in [0, 0.1) is 13.8 Å². The Bertz CT molecular complexity index is 750. The molecule has 3 rings (SSSR count). The molecule has 19 heavy (non-hydrogen) atoms. The molecule has 0 spiro atoms. The minimum absolute atomic E-state index is 0.139. The second-order valence-corrected chi connectivity index (χ2v) is 4.29. The number of anilines is 1. The molecule has 96 valence electrons. The smallest absolute Gasteiger partial charge is 0.250 e. The van der Waals surface area contributed by atoms with Gasteiger partial charge in [0.15, 0.2) is 5.65 Å². The number of rotatable bonds is 2. The van der Waals surface area contributed by atoms with Gasteiger partial charge in [-0.3, -0.25) is 0 Å². The topological polar surface area (TPSA) is 89.7 Å². The van der Waals surface area contributed by atoms with Crippen molar-refractivity contribution >= 4 is 17.1 Å². The fourth-order valence-corrected chi connectivity index (χ4v) is 1.84. The third-order valence-corrected chi connectivity index (χ3v) is 3.03. The molecule has 3 aromatic rings. The molecule has 0 saturated heterocycles. The number of aromatic nitrogens is 4. The Morgan fingerprint density at radius 2 is 2.05 bits per heavy atom. The molecule has 6 nitrogen and oxygen atoms in total. The summed E-state index contributed by atoms with van der Waals surface area (Å²) in [4.78, 5) is 15.1. The van der Waals surface area contributed by atoms with Crippen LogP contribution >= 0.6 is 0 Å². The van der Waals surface area contributed by atoms with Gasteiger partial charge in [0.2, 0.25) is 5.95 Å². The van der Waals surface area contributed by atoms with E-state index in [9.17, 15) is 0 Å². The van der Waals surface area contributed by atoms with Crippen LogP contribution in [0.25, 0.3) is 11.2 Å². The highest BCUT2D eigenvalue weighted by Gasteiger charge is 2.12. The molecule has 6 heteroatoms. The third-order valence-electron chi connectivity index (χ3n) is 3.03. The number of nitrogens with one attached hydrogen (secondary N) is 1. The highest BCUT2D eigenvalue weighted by atomic mass is 16.5. The van der Waals surface area contributed by atoms with Gasteiger partial charge in [-0.05, 0) is 31.0 Å². The molecule has 0 unspecified atom stereocenters. The van der Waals surface area contributed by atoms with E-state index < -0.39 is 0 Å². The zero-order valence-corrected chi connectivity index (χ0v) is 10.6. The third kappa shape index (κ3) is 1.97. The van der Waals surface area contributed by atoms with Crippen LogP contribution in [0.4, 0.5) is 5.95 Å². The lowest BCUT2D eigenvalue weighted by atomic mass is 10.1. The Morgan fingerprint density at radius 1 is 1.21 bits per heavy atom. The van der Waals surface area contributed by atoms with Crippen molar-refractivity contribution in [2.24, 2.45) is 0 Å². The first-order chi connectivity index (χ1) is 9.15. The van der Waals surface area contributed by atoms with E-state index in [1.807, 2.05) is 32.0 Å². The van der Waals surface area contributed by atoms with Crippen molar-refractivity contribution in [3.05, 3.63) is 35.7 Å². The van der Waals surface area contributed by atoms with Gasteiger partial charge in [0, 0.05) is 0 Å². The van der Waals surface area contributed by atoms with Crippen molar-refractivity contribution < 1.29 is 4.74 Å². The van der Waals surface area contributed by atoms with Gasteiger partial charge in [-0.15, -0.1) is 0 Å². The average molecular weight is 255 g/mol. The number of fused-ring (bicyclic) bond motifs is 1. The number of imidazole rings is 1. The first-order valence-electron chi connectivity index (χ1n) is 5.86. The summed E-state index contributed by atoms with van der Waals surface area (Å²) in [6.07, 6.45) is 1.54. The van der Waals surface area contributed by atoms with Crippen molar-refractivity contribution in [2.75, 3.05) is 5.73 Å². The number of nitrogens with zero attached hydrogens (tertiary/aromatic N) is 3. The zero-order chi connectivity index (χ0) is 13.4. The molecule has 2 aromatic heterocycles. The number of aromatic amines is 1. The van der Waals surface area contributed by atoms with Crippen molar-refractivity contribution in [1.82, 2.24) is 19.9 Å². The SMILES string of the molecule is Cc1cccc(Oc2nc(N)nc3nc[nH]c23)c1C.